The molecule has 4 N–H and O–H groups in total. The molecule has 0 aromatic rings. The Hall–Kier alpha value is 3.98. The van der Waals surface area contributed by atoms with Crippen LogP contribution in [-0.2, 0) is 0 Å². The van der Waals surface area contributed by atoms with Crippen molar-refractivity contribution < 1.29 is 68.6 Å². The van der Waals surface area contributed by atoms with Crippen LogP contribution in [0.2, 0.25) is 0 Å². The Morgan fingerprint density at radius 1 is 0.875 bits per heavy atom. The summed E-state index contributed by atoms with van der Waals surface area (Å²) < 4.78 is 0. The second-order valence-electron chi connectivity index (χ2n) is 0.600. The molecule has 0 saturated carbocycles. The van der Waals surface area contributed by atoms with Crippen LogP contribution in [0.3, 0.4) is 0 Å². The van der Waals surface area contributed by atoms with Crippen molar-refractivity contribution in [3.8, 4) is 0 Å². The summed E-state index contributed by atoms with van der Waals surface area (Å²) in [5.74, 6) is 0. The molecule has 0 spiro atoms. The number of rotatable bonds is 0. The predicted molar refractivity (Wildman–Crippen MR) is 31.7 cm³/mol. The van der Waals surface area contributed by atoms with Crippen molar-refractivity contribution in [2.24, 2.45) is 0 Å². The van der Waals surface area contributed by atoms with Crippen LogP contribution in [0.4, 0.5) is 0 Å². The first-order valence-electron chi connectivity index (χ1n) is 0.894. The van der Waals surface area contributed by atoms with E-state index < -0.39 is 9.05 Å². The van der Waals surface area contributed by atoms with E-state index in [2.05, 4.69) is 0 Å². The zero-order chi connectivity index (χ0) is 4.50. The number of hydrogen-bond donors (Lipinski definition) is 4. The Balaban J connectivity index is -0.0000000267. The molecule has 0 atom stereocenters. The molecule has 0 aliphatic carbocycles. The van der Waals surface area contributed by atoms with E-state index in [1.807, 2.05) is 0 Å². The van der Waals surface area contributed by atoms with Gasteiger partial charge in [-0.25, -0.2) is 0 Å². The van der Waals surface area contributed by atoms with E-state index >= 15 is 0 Å². The molecule has 0 aromatic heterocycles. The van der Waals surface area contributed by atoms with Gasteiger partial charge in [-0.3, -0.25) is 0 Å². The Kier molecular flexibility index (Phi) is 31.1. The molecule has 0 bridgehead atoms. The zero-order valence-electron chi connectivity index (χ0n) is 2.67. The molecule has 0 heterocycles. The maximum absolute atomic E-state index is 7.33. The topological polar surface area (TPSA) is 80.9 Å². The van der Waals surface area contributed by atoms with E-state index in [9.17, 15) is 0 Å². The van der Waals surface area contributed by atoms with E-state index in [0.717, 1.165) is 0 Å². The van der Waals surface area contributed by atoms with E-state index in [1.54, 1.807) is 0 Å². The molecule has 0 aliphatic heterocycles. The van der Waals surface area contributed by atoms with Crippen molar-refractivity contribution in [3.63, 3.8) is 0 Å². The van der Waals surface area contributed by atoms with Gasteiger partial charge in [0.15, 0.2) is 0 Å². The van der Waals surface area contributed by atoms with Gasteiger partial charge in [0.25, 0.3) is 0 Å². The SMILES string of the molecule is O[Si](O)(O)O.[BaH2].[Eu].[MgH2]. The molecule has 0 rings (SSSR count). The average Bonchev–Trinajstić information content (AvgIpc) is 0.722. The van der Waals surface area contributed by atoms with Gasteiger partial charge in [0.1, 0.15) is 0 Å². The second kappa shape index (κ2) is 11.0. The molecule has 0 saturated heterocycles. The minimum Gasteiger partial charge on any atom is 0 e. The van der Waals surface area contributed by atoms with Gasteiger partial charge in [-0.2, -0.15) is 0 Å². The third kappa shape index (κ3) is 50.8. The minimum atomic E-state index is -4.61. The van der Waals surface area contributed by atoms with Gasteiger partial charge < -0.3 is 19.2 Å². The standard InChI is InChI=1S/Ba.Eu.Mg.H4O4Si.4H/c;;;1-5(2,3)4;;;;/h;;;1-4H;;;;. The summed E-state index contributed by atoms with van der Waals surface area (Å²) in [5, 5.41) is 0. The Morgan fingerprint density at radius 2 is 0.875 bits per heavy atom. The third-order valence-corrected chi connectivity index (χ3v) is 0. The Morgan fingerprint density at radius 3 is 0.875 bits per heavy atom. The fourth-order valence-electron chi connectivity index (χ4n) is 0. The minimum absolute atomic E-state index is 0. The average molecular weight is 414 g/mol. The predicted octanol–water partition coefficient (Wildman–Crippen LogP) is -4.44. The van der Waals surface area contributed by atoms with Gasteiger partial charge in [0.05, 0.1) is 0 Å². The van der Waals surface area contributed by atoms with E-state index in [0.29, 0.717) is 0 Å². The molecule has 8 heteroatoms. The molecule has 8 heavy (non-hydrogen) atoms. The van der Waals surface area contributed by atoms with Crippen LogP contribution in [0.15, 0.2) is 0 Å². The molecule has 4 nitrogen and oxygen atoms in total. The summed E-state index contributed by atoms with van der Waals surface area (Å²) in [7, 11) is -4.61. The van der Waals surface area contributed by atoms with Crippen LogP contribution in [0.1, 0.15) is 0 Å². The molecule has 0 fully saturated rings. The van der Waals surface area contributed by atoms with Crippen molar-refractivity contribution >= 4 is 81.0 Å². The summed E-state index contributed by atoms with van der Waals surface area (Å²) in [6, 6.07) is 0. The quantitative estimate of drug-likeness (QED) is 0.302. The third-order valence-electron chi connectivity index (χ3n) is 0. The fourth-order valence-corrected chi connectivity index (χ4v) is 0. The van der Waals surface area contributed by atoms with Gasteiger partial charge in [-0.1, -0.05) is 0 Å². The maximum Gasteiger partial charge on any atom is 0.316 e. The molecule has 0 aromatic carbocycles. The van der Waals surface area contributed by atoms with Crippen molar-refractivity contribution in [2.45, 2.75) is 0 Å². The summed E-state index contributed by atoms with van der Waals surface area (Å²) >= 11 is 0. The van der Waals surface area contributed by atoms with Crippen molar-refractivity contribution in [1.29, 1.82) is 0 Å². The maximum atomic E-state index is 7.33. The van der Waals surface area contributed by atoms with E-state index in [1.165, 1.54) is 0 Å². The first kappa shape index (κ1) is 22.7. The van der Waals surface area contributed by atoms with E-state index in [-0.39, 0.29) is 121 Å². The molecule has 47 valence electrons. The normalized spacial score (nSPS) is 7.50. The second-order valence-corrected chi connectivity index (χ2v) is 1.80. The summed E-state index contributed by atoms with van der Waals surface area (Å²) in [5.41, 5.74) is 0. The van der Waals surface area contributed by atoms with E-state index in [4.69, 9.17) is 19.2 Å². The van der Waals surface area contributed by atoms with Gasteiger partial charge in [-0.05, 0) is 0 Å². The molecular formula is H8BaEuMgO4Si. The zero-order valence-corrected chi connectivity index (χ0v) is 6.09. The van der Waals surface area contributed by atoms with Crippen LogP contribution in [-0.4, -0.2) is 100 Å². The summed E-state index contributed by atoms with van der Waals surface area (Å²) in [4.78, 5) is 29.3. The van der Waals surface area contributed by atoms with Crippen molar-refractivity contribution in [2.75, 3.05) is 0 Å². The smallest absolute Gasteiger partial charge is 0 e. The fraction of sp³-hybridized carbons (Fsp3) is 0. The van der Waals surface area contributed by atoms with Crippen molar-refractivity contribution in [1.82, 2.24) is 0 Å². The summed E-state index contributed by atoms with van der Waals surface area (Å²) in [6.45, 7) is 0. The van der Waals surface area contributed by atoms with Crippen LogP contribution in [0, 0.1) is 49.4 Å². The molecule has 0 aliphatic rings. The van der Waals surface area contributed by atoms with Crippen LogP contribution in [0.5, 0.6) is 0 Å². The van der Waals surface area contributed by atoms with Gasteiger partial charge in [0, 0.05) is 49.4 Å². The van der Waals surface area contributed by atoms with Gasteiger partial charge in [-0.15, -0.1) is 0 Å². The van der Waals surface area contributed by atoms with Gasteiger partial charge in [0.2, 0.25) is 0 Å². The Labute approximate surface area is 145 Å². The van der Waals surface area contributed by atoms with Crippen LogP contribution >= 0.6 is 0 Å². The van der Waals surface area contributed by atoms with Crippen LogP contribution in [0.25, 0.3) is 0 Å². The Bertz CT molecular complexity index is 31.5. The molecule has 1 radical (unpaired) electrons. The monoisotopic (exact) mass is 415 g/mol. The largest absolute Gasteiger partial charge is 0.316 e. The summed E-state index contributed by atoms with van der Waals surface area (Å²) in [6.07, 6.45) is 0. The van der Waals surface area contributed by atoms with Crippen LogP contribution < -0.4 is 0 Å². The first-order chi connectivity index (χ1) is 2.00. The molecule has 0 amide bonds. The first-order valence-corrected chi connectivity index (χ1v) is 2.68. The van der Waals surface area contributed by atoms with Gasteiger partial charge >= 0.3 is 81.0 Å². The number of hydrogen-bond acceptors (Lipinski definition) is 4. The molecule has 0 unspecified atom stereocenters. The molecular weight excluding hydrogens is 406 g/mol. The van der Waals surface area contributed by atoms with Crippen molar-refractivity contribution in [3.05, 3.63) is 0 Å².